The van der Waals surface area contributed by atoms with Gasteiger partial charge in [-0.3, -0.25) is 0 Å². The Hall–Kier alpha value is -2.21. The normalized spacial score (nSPS) is 14.5. The van der Waals surface area contributed by atoms with E-state index in [0.29, 0.717) is 11.7 Å². The van der Waals surface area contributed by atoms with Gasteiger partial charge in [-0.05, 0) is 30.7 Å². The Morgan fingerprint density at radius 1 is 1.10 bits per heavy atom. The van der Waals surface area contributed by atoms with Crippen LogP contribution in [0.3, 0.4) is 0 Å². The van der Waals surface area contributed by atoms with Crippen molar-refractivity contribution in [2.75, 3.05) is 5.73 Å². The minimum atomic E-state index is 0.481. The topological polar surface area (TPSA) is 77.6 Å². The number of hydrogen-bond donors (Lipinski definition) is 1. The molecule has 1 aliphatic carbocycles. The number of aromatic nitrogens is 4. The molecule has 0 amide bonds. The molecule has 0 spiro atoms. The molecule has 0 bridgehead atoms. The minimum Gasteiger partial charge on any atom is -0.384 e. The molecule has 1 aliphatic rings. The fraction of sp³-hybridized carbons (Fsp3) is 0.200. The molecule has 2 aromatic heterocycles. The van der Waals surface area contributed by atoms with Crippen LogP contribution < -0.4 is 5.73 Å². The lowest BCUT2D eigenvalue weighted by atomic mass is 10.2. The van der Waals surface area contributed by atoms with Crippen molar-refractivity contribution in [2.45, 2.75) is 28.8 Å². The average molecular weight is 295 g/mol. The van der Waals surface area contributed by atoms with Crippen LogP contribution >= 0.6 is 11.8 Å². The van der Waals surface area contributed by atoms with Gasteiger partial charge in [0.25, 0.3) is 0 Å². The molecule has 0 radical (unpaired) electrons. The number of rotatable bonds is 3. The number of nitrogens with two attached hydrogens (primary N) is 1. The van der Waals surface area contributed by atoms with Crippen molar-refractivity contribution in [2.24, 2.45) is 0 Å². The maximum absolute atomic E-state index is 5.89. The fourth-order valence-electron chi connectivity index (χ4n) is 2.20. The molecule has 4 rings (SSSR count). The monoisotopic (exact) mass is 295 g/mol. The SMILES string of the molecule is Nc1cc(Sc2ncnc3ccccc23)nc(C2CC2)n1. The molecule has 5 nitrogen and oxygen atoms in total. The number of fused-ring (bicyclic) bond motifs is 1. The Bertz CT molecular complexity index is 811. The van der Waals surface area contributed by atoms with Crippen molar-refractivity contribution < 1.29 is 0 Å². The van der Waals surface area contributed by atoms with Crippen molar-refractivity contribution in [3.63, 3.8) is 0 Å². The van der Waals surface area contributed by atoms with Crippen molar-refractivity contribution in [3.8, 4) is 0 Å². The van der Waals surface area contributed by atoms with Gasteiger partial charge in [0.15, 0.2) is 0 Å². The zero-order valence-corrected chi connectivity index (χ0v) is 12.0. The van der Waals surface area contributed by atoms with Crippen molar-refractivity contribution in [3.05, 3.63) is 42.5 Å². The van der Waals surface area contributed by atoms with E-state index in [1.807, 2.05) is 24.3 Å². The number of para-hydroxylation sites is 1. The van der Waals surface area contributed by atoms with Crippen molar-refractivity contribution in [1.82, 2.24) is 19.9 Å². The van der Waals surface area contributed by atoms with E-state index in [1.54, 1.807) is 12.4 Å². The van der Waals surface area contributed by atoms with Gasteiger partial charge >= 0.3 is 0 Å². The Morgan fingerprint density at radius 2 is 1.95 bits per heavy atom. The van der Waals surface area contributed by atoms with Gasteiger partial charge in [0, 0.05) is 17.4 Å². The first kappa shape index (κ1) is 12.5. The summed E-state index contributed by atoms with van der Waals surface area (Å²) in [4.78, 5) is 17.6. The molecule has 1 fully saturated rings. The molecular formula is C15H13N5S. The van der Waals surface area contributed by atoms with E-state index < -0.39 is 0 Å². The molecule has 1 saturated carbocycles. The van der Waals surface area contributed by atoms with Crippen LogP contribution in [0.15, 0.2) is 46.7 Å². The standard InChI is InChI=1S/C15H13N5S/c16-12-7-13(20-14(19-12)9-5-6-9)21-15-10-3-1-2-4-11(10)17-8-18-15/h1-4,7-9H,5-6H2,(H2,16,19,20). The Balaban J connectivity index is 1.74. The third-order valence-corrected chi connectivity index (χ3v) is 4.33. The molecule has 3 aromatic rings. The summed E-state index contributed by atoms with van der Waals surface area (Å²) in [6.07, 6.45) is 3.89. The Labute approximate surface area is 126 Å². The molecule has 0 unspecified atom stereocenters. The van der Waals surface area contributed by atoms with Gasteiger partial charge < -0.3 is 5.73 Å². The van der Waals surface area contributed by atoms with Crippen LogP contribution in [-0.2, 0) is 0 Å². The van der Waals surface area contributed by atoms with E-state index in [0.717, 1.165) is 39.6 Å². The largest absolute Gasteiger partial charge is 0.384 e. The van der Waals surface area contributed by atoms with E-state index in [4.69, 9.17) is 5.73 Å². The minimum absolute atomic E-state index is 0.481. The summed E-state index contributed by atoms with van der Waals surface area (Å²) in [5.41, 5.74) is 6.82. The third kappa shape index (κ3) is 2.54. The zero-order chi connectivity index (χ0) is 14.2. The molecule has 0 atom stereocenters. The molecule has 1 aromatic carbocycles. The number of anilines is 1. The predicted octanol–water partition coefficient (Wildman–Crippen LogP) is 3.03. The van der Waals surface area contributed by atoms with Crippen molar-refractivity contribution >= 4 is 28.5 Å². The van der Waals surface area contributed by atoms with Crippen LogP contribution in [0.1, 0.15) is 24.6 Å². The highest BCUT2D eigenvalue weighted by Gasteiger charge is 2.27. The summed E-state index contributed by atoms with van der Waals surface area (Å²) in [5.74, 6) is 1.86. The van der Waals surface area contributed by atoms with Crippen LogP contribution in [0.25, 0.3) is 10.9 Å². The molecule has 104 valence electrons. The highest BCUT2D eigenvalue weighted by atomic mass is 32.2. The van der Waals surface area contributed by atoms with Gasteiger partial charge in [-0.1, -0.05) is 18.2 Å². The third-order valence-electron chi connectivity index (χ3n) is 3.39. The summed E-state index contributed by atoms with van der Waals surface area (Å²) in [7, 11) is 0. The summed E-state index contributed by atoms with van der Waals surface area (Å²) < 4.78 is 0. The first-order chi connectivity index (χ1) is 10.3. The molecule has 6 heteroatoms. The van der Waals surface area contributed by atoms with Crippen LogP contribution in [0.2, 0.25) is 0 Å². The van der Waals surface area contributed by atoms with Crippen LogP contribution in [0.5, 0.6) is 0 Å². The molecule has 2 N–H and O–H groups in total. The Kier molecular flexibility index (Phi) is 2.96. The van der Waals surface area contributed by atoms with E-state index in [9.17, 15) is 0 Å². The molecule has 21 heavy (non-hydrogen) atoms. The molecular weight excluding hydrogens is 282 g/mol. The number of nitrogen functional groups attached to an aromatic ring is 1. The van der Waals surface area contributed by atoms with E-state index in [-0.39, 0.29) is 0 Å². The van der Waals surface area contributed by atoms with E-state index >= 15 is 0 Å². The highest BCUT2D eigenvalue weighted by molar-refractivity contribution is 7.99. The van der Waals surface area contributed by atoms with Gasteiger partial charge in [-0.25, -0.2) is 19.9 Å². The van der Waals surface area contributed by atoms with Gasteiger partial charge in [0.05, 0.1) is 5.52 Å². The summed E-state index contributed by atoms with van der Waals surface area (Å²) >= 11 is 1.51. The highest BCUT2D eigenvalue weighted by Crippen LogP contribution is 2.39. The second-order valence-corrected chi connectivity index (χ2v) is 6.07. The second kappa shape index (κ2) is 4.96. The summed E-state index contributed by atoms with van der Waals surface area (Å²) in [6, 6.07) is 9.75. The molecule has 0 saturated heterocycles. The number of benzene rings is 1. The maximum Gasteiger partial charge on any atom is 0.135 e. The fourth-order valence-corrected chi connectivity index (χ4v) is 3.10. The van der Waals surface area contributed by atoms with E-state index in [1.165, 1.54) is 11.8 Å². The number of hydrogen-bond acceptors (Lipinski definition) is 6. The first-order valence-electron chi connectivity index (χ1n) is 6.81. The first-order valence-corrected chi connectivity index (χ1v) is 7.63. The quantitative estimate of drug-likeness (QED) is 0.748. The van der Waals surface area contributed by atoms with Gasteiger partial charge in [0.2, 0.25) is 0 Å². The predicted molar refractivity (Wildman–Crippen MR) is 82.1 cm³/mol. The van der Waals surface area contributed by atoms with Crippen molar-refractivity contribution in [1.29, 1.82) is 0 Å². The second-order valence-electron chi connectivity index (χ2n) is 5.06. The van der Waals surface area contributed by atoms with Crippen LogP contribution in [-0.4, -0.2) is 19.9 Å². The average Bonchev–Trinajstić information content (AvgIpc) is 3.32. The van der Waals surface area contributed by atoms with Gasteiger partial charge in [0.1, 0.15) is 28.0 Å². The Morgan fingerprint density at radius 3 is 2.81 bits per heavy atom. The van der Waals surface area contributed by atoms with Crippen LogP contribution in [0.4, 0.5) is 5.82 Å². The van der Waals surface area contributed by atoms with Gasteiger partial charge in [-0.15, -0.1) is 0 Å². The zero-order valence-electron chi connectivity index (χ0n) is 11.2. The lowest BCUT2D eigenvalue weighted by molar-refractivity contribution is 0.883. The lowest BCUT2D eigenvalue weighted by Gasteiger charge is -2.06. The smallest absolute Gasteiger partial charge is 0.135 e. The lowest BCUT2D eigenvalue weighted by Crippen LogP contribution is -1.99. The van der Waals surface area contributed by atoms with Gasteiger partial charge in [-0.2, -0.15) is 0 Å². The molecule has 2 heterocycles. The maximum atomic E-state index is 5.89. The van der Waals surface area contributed by atoms with E-state index in [2.05, 4.69) is 19.9 Å². The molecule has 0 aliphatic heterocycles. The van der Waals surface area contributed by atoms with Crippen LogP contribution in [0, 0.1) is 0 Å². The summed E-state index contributed by atoms with van der Waals surface area (Å²) in [5, 5.41) is 2.75. The summed E-state index contributed by atoms with van der Waals surface area (Å²) in [6.45, 7) is 0. The number of nitrogens with zero attached hydrogens (tertiary/aromatic N) is 4.